The molecule has 31 heavy (non-hydrogen) atoms. The summed E-state index contributed by atoms with van der Waals surface area (Å²) in [4.78, 5) is 13.2. The van der Waals surface area contributed by atoms with Crippen LogP contribution in [0.4, 0.5) is 5.69 Å². The average molecular weight is 439 g/mol. The van der Waals surface area contributed by atoms with E-state index in [0.717, 1.165) is 21.7 Å². The van der Waals surface area contributed by atoms with Crippen molar-refractivity contribution >= 4 is 21.6 Å². The SMILES string of the molecule is COc1ccc(N([C@@H](C)C(=O)NC(c2ccccc2)c2ccccc2)S(C)(=O)=O)cc1. The third-order valence-corrected chi connectivity index (χ3v) is 6.21. The van der Waals surface area contributed by atoms with Crippen molar-refractivity contribution in [3.63, 3.8) is 0 Å². The number of ether oxygens (including phenoxy) is 1. The number of benzene rings is 3. The van der Waals surface area contributed by atoms with Crippen LogP contribution in [-0.2, 0) is 14.8 Å². The predicted octanol–water partition coefficient (Wildman–Crippen LogP) is 3.76. The van der Waals surface area contributed by atoms with Crippen LogP contribution in [0.2, 0.25) is 0 Å². The third kappa shape index (κ3) is 5.44. The van der Waals surface area contributed by atoms with E-state index in [9.17, 15) is 13.2 Å². The maximum absolute atomic E-state index is 13.2. The van der Waals surface area contributed by atoms with Crippen LogP contribution in [0, 0.1) is 0 Å². The van der Waals surface area contributed by atoms with Crippen molar-refractivity contribution in [2.45, 2.75) is 19.0 Å². The molecule has 0 saturated heterocycles. The van der Waals surface area contributed by atoms with Gasteiger partial charge in [-0.2, -0.15) is 0 Å². The smallest absolute Gasteiger partial charge is 0.244 e. The minimum absolute atomic E-state index is 0.391. The molecule has 0 saturated carbocycles. The lowest BCUT2D eigenvalue weighted by atomic mass is 9.98. The molecule has 3 aromatic rings. The van der Waals surface area contributed by atoms with Crippen LogP contribution in [0.25, 0.3) is 0 Å². The lowest BCUT2D eigenvalue weighted by Crippen LogP contribution is -2.48. The van der Waals surface area contributed by atoms with Gasteiger partial charge in [-0.15, -0.1) is 0 Å². The molecule has 1 N–H and O–H groups in total. The first-order valence-electron chi connectivity index (χ1n) is 9.85. The largest absolute Gasteiger partial charge is 0.497 e. The van der Waals surface area contributed by atoms with E-state index in [-0.39, 0.29) is 0 Å². The zero-order chi connectivity index (χ0) is 22.4. The number of methoxy groups -OCH3 is 1. The first kappa shape index (κ1) is 22.4. The van der Waals surface area contributed by atoms with E-state index in [0.29, 0.717) is 11.4 Å². The van der Waals surface area contributed by atoms with Crippen LogP contribution in [0.15, 0.2) is 84.9 Å². The number of nitrogens with one attached hydrogen (secondary N) is 1. The molecule has 3 rings (SSSR count). The molecule has 0 unspecified atom stereocenters. The number of hydrogen-bond acceptors (Lipinski definition) is 4. The van der Waals surface area contributed by atoms with Gasteiger partial charge in [0.05, 0.1) is 25.1 Å². The summed E-state index contributed by atoms with van der Waals surface area (Å²) < 4.78 is 31.4. The lowest BCUT2D eigenvalue weighted by Gasteiger charge is -2.30. The number of amides is 1. The summed E-state index contributed by atoms with van der Waals surface area (Å²) in [6, 6.07) is 24.4. The van der Waals surface area contributed by atoms with Crippen LogP contribution in [0.1, 0.15) is 24.1 Å². The molecule has 0 bridgehead atoms. The molecule has 0 aromatic heterocycles. The normalized spacial score (nSPS) is 12.3. The van der Waals surface area contributed by atoms with Crippen molar-refractivity contribution in [1.82, 2.24) is 5.32 Å². The number of carbonyl (C=O) groups is 1. The van der Waals surface area contributed by atoms with Gasteiger partial charge in [0, 0.05) is 0 Å². The van der Waals surface area contributed by atoms with E-state index in [1.54, 1.807) is 31.2 Å². The molecular weight excluding hydrogens is 412 g/mol. The third-order valence-electron chi connectivity index (χ3n) is 4.97. The number of nitrogens with zero attached hydrogens (tertiary/aromatic N) is 1. The zero-order valence-electron chi connectivity index (χ0n) is 17.7. The second-order valence-corrected chi connectivity index (χ2v) is 9.06. The number of sulfonamides is 1. The minimum Gasteiger partial charge on any atom is -0.497 e. The molecule has 1 atom stereocenters. The van der Waals surface area contributed by atoms with Crippen LogP contribution < -0.4 is 14.4 Å². The van der Waals surface area contributed by atoms with Gasteiger partial charge in [0.2, 0.25) is 15.9 Å². The van der Waals surface area contributed by atoms with E-state index in [1.165, 1.54) is 7.11 Å². The maximum Gasteiger partial charge on any atom is 0.244 e. The van der Waals surface area contributed by atoms with Gasteiger partial charge in [0.25, 0.3) is 0 Å². The Labute approximate surface area is 183 Å². The molecule has 0 aliphatic carbocycles. The highest BCUT2D eigenvalue weighted by molar-refractivity contribution is 7.92. The molecule has 0 aliphatic rings. The van der Waals surface area contributed by atoms with Crippen LogP contribution in [0.3, 0.4) is 0 Å². The zero-order valence-corrected chi connectivity index (χ0v) is 18.5. The molecule has 1 amide bonds. The number of rotatable bonds is 8. The van der Waals surface area contributed by atoms with Gasteiger partial charge in [0.15, 0.2) is 0 Å². The Balaban J connectivity index is 1.92. The fourth-order valence-corrected chi connectivity index (χ4v) is 4.63. The predicted molar refractivity (Wildman–Crippen MR) is 123 cm³/mol. The number of hydrogen-bond donors (Lipinski definition) is 1. The van der Waals surface area contributed by atoms with Crippen molar-refractivity contribution in [2.75, 3.05) is 17.7 Å². The van der Waals surface area contributed by atoms with Crippen molar-refractivity contribution in [3.8, 4) is 5.75 Å². The van der Waals surface area contributed by atoms with Crippen molar-refractivity contribution < 1.29 is 17.9 Å². The first-order valence-corrected chi connectivity index (χ1v) is 11.7. The standard InChI is InChI=1S/C24H26N2O4S/c1-18(26(31(3,28)29)21-14-16-22(30-2)17-15-21)24(27)25-23(19-10-6-4-7-11-19)20-12-8-5-9-13-20/h4-18,23H,1-3H3,(H,25,27)/t18-/m0/s1. The summed E-state index contributed by atoms with van der Waals surface area (Å²) in [5.41, 5.74) is 2.20. The quantitative estimate of drug-likeness (QED) is 0.581. The summed E-state index contributed by atoms with van der Waals surface area (Å²) in [6.07, 6.45) is 1.09. The second kappa shape index (κ2) is 9.66. The topological polar surface area (TPSA) is 75.7 Å². The Morgan fingerprint density at radius 2 is 1.35 bits per heavy atom. The molecule has 3 aromatic carbocycles. The van der Waals surface area contributed by atoms with E-state index >= 15 is 0 Å². The fourth-order valence-electron chi connectivity index (χ4n) is 3.45. The van der Waals surface area contributed by atoms with Crippen LogP contribution in [-0.4, -0.2) is 33.7 Å². The van der Waals surface area contributed by atoms with Crippen LogP contribution in [0.5, 0.6) is 5.75 Å². The van der Waals surface area contributed by atoms with E-state index in [2.05, 4.69) is 5.32 Å². The van der Waals surface area contributed by atoms with Gasteiger partial charge in [-0.05, 0) is 42.3 Å². The Morgan fingerprint density at radius 1 is 0.871 bits per heavy atom. The second-order valence-electron chi connectivity index (χ2n) is 7.20. The lowest BCUT2D eigenvalue weighted by molar-refractivity contribution is -0.122. The Bertz CT molecular complexity index is 1060. The van der Waals surface area contributed by atoms with Gasteiger partial charge in [-0.25, -0.2) is 8.42 Å². The van der Waals surface area contributed by atoms with E-state index < -0.39 is 28.0 Å². The first-order chi connectivity index (χ1) is 14.8. The molecule has 7 heteroatoms. The summed E-state index contributed by atoms with van der Waals surface area (Å²) in [6.45, 7) is 1.58. The molecular formula is C24H26N2O4S. The summed E-state index contributed by atoms with van der Waals surface area (Å²) >= 11 is 0. The summed E-state index contributed by atoms with van der Waals surface area (Å²) in [5.74, 6) is 0.196. The van der Waals surface area contributed by atoms with Gasteiger partial charge >= 0.3 is 0 Å². The Morgan fingerprint density at radius 3 is 1.77 bits per heavy atom. The highest BCUT2D eigenvalue weighted by atomic mass is 32.2. The van der Waals surface area contributed by atoms with Crippen molar-refractivity contribution in [2.24, 2.45) is 0 Å². The van der Waals surface area contributed by atoms with Crippen LogP contribution >= 0.6 is 0 Å². The van der Waals surface area contributed by atoms with Gasteiger partial charge < -0.3 is 10.1 Å². The number of carbonyl (C=O) groups excluding carboxylic acids is 1. The summed E-state index contributed by atoms with van der Waals surface area (Å²) in [5, 5.41) is 3.02. The molecule has 162 valence electrons. The van der Waals surface area contributed by atoms with Gasteiger partial charge in [0.1, 0.15) is 11.8 Å². The van der Waals surface area contributed by atoms with Gasteiger partial charge in [-0.1, -0.05) is 60.7 Å². The van der Waals surface area contributed by atoms with E-state index in [1.807, 2.05) is 60.7 Å². The molecule has 0 fully saturated rings. The average Bonchev–Trinajstić information content (AvgIpc) is 2.78. The van der Waals surface area contributed by atoms with E-state index in [4.69, 9.17) is 4.74 Å². The molecule has 0 spiro atoms. The Kier molecular flexibility index (Phi) is 6.97. The van der Waals surface area contributed by atoms with Crippen molar-refractivity contribution in [1.29, 1.82) is 0 Å². The number of anilines is 1. The van der Waals surface area contributed by atoms with Gasteiger partial charge in [-0.3, -0.25) is 9.10 Å². The molecule has 0 radical (unpaired) electrons. The monoisotopic (exact) mass is 438 g/mol. The molecule has 6 nitrogen and oxygen atoms in total. The molecule has 0 heterocycles. The van der Waals surface area contributed by atoms with Crippen molar-refractivity contribution in [3.05, 3.63) is 96.1 Å². The molecule has 0 aliphatic heterocycles. The highest BCUT2D eigenvalue weighted by Gasteiger charge is 2.30. The summed E-state index contributed by atoms with van der Waals surface area (Å²) in [7, 11) is -2.18. The highest BCUT2D eigenvalue weighted by Crippen LogP contribution is 2.26. The Hall–Kier alpha value is -3.32. The minimum atomic E-state index is -3.72. The fraction of sp³-hybridized carbons (Fsp3) is 0.208. The maximum atomic E-state index is 13.2.